The number of rotatable bonds is 7. The van der Waals surface area contributed by atoms with Crippen molar-refractivity contribution in [3.63, 3.8) is 0 Å². The molecule has 1 N–H and O–H groups in total. The second-order valence-corrected chi connectivity index (χ2v) is 4.83. The lowest BCUT2D eigenvalue weighted by Gasteiger charge is -2.19. The Balaban J connectivity index is 2.62. The fraction of sp³-hybridized carbons (Fsp3) is 0.643. The quantitative estimate of drug-likeness (QED) is 0.783. The molecule has 1 heterocycles. The van der Waals surface area contributed by atoms with Crippen LogP contribution in [0.2, 0.25) is 0 Å². The number of nitrogens with zero attached hydrogens (tertiary/aromatic N) is 1. The van der Waals surface area contributed by atoms with Gasteiger partial charge in [0.05, 0.1) is 6.20 Å². The van der Waals surface area contributed by atoms with E-state index in [2.05, 4.69) is 31.1 Å². The second kappa shape index (κ2) is 7.38. The largest absolute Gasteiger partial charge is 0.310 e. The van der Waals surface area contributed by atoms with Gasteiger partial charge in [-0.05, 0) is 24.9 Å². The molecule has 2 nitrogen and oxygen atoms in total. The molecule has 0 bridgehead atoms. The maximum absolute atomic E-state index is 13.6. The molecule has 3 heteroatoms. The minimum absolute atomic E-state index is 0.113. The fourth-order valence-electron chi connectivity index (χ4n) is 2.01. The van der Waals surface area contributed by atoms with Crippen LogP contribution in [0.1, 0.15) is 51.6 Å². The molecule has 0 aliphatic carbocycles. The van der Waals surface area contributed by atoms with E-state index in [1.807, 2.05) is 0 Å². The molecule has 0 saturated heterocycles. The lowest BCUT2D eigenvalue weighted by atomic mass is 9.98. The number of hydrogen-bond acceptors (Lipinski definition) is 2. The van der Waals surface area contributed by atoms with Crippen molar-refractivity contribution in [2.24, 2.45) is 5.92 Å². The Kier molecular flexibility index (Phi) is 6.12. The highest BCUT2D eigenvalue weighted by Crippen LogP contribution is 2.22. The van der Waals surface area contributed by atoms with Crippen molar-refractivity contribution in [3.05, 3.63) is 29.8 Å². The summed E-state index contributed by atoms with van der Waals surface area (Å²) in [6, 6.07) is 1.89. The monoisotopic (exact) mass is 238 g/mol. The van der Waals surface area contributed by atoms with Gasteiger partial charge in [-0.2, -0.15) is 0 Å². The Labute approximate surface area is 104 Å². The Hall–Kier alpha value is -0.960. The number of aromatic nitrogens is 1. The molecule has 0 aliphatic heterocycles. The topological polar surface area (TPSA) is 24.9 Å². The Morgan fingerprint density at radius 3 is 2.71 bits per heavy atom. The maximum Gasteiger partial charge on any atom is 0.146 e. The van der Waals surface area contributed by atoms with Gasteiger partial charge in [0.25, 0.3) is 0 Å². The molecule has 0 spiro atoms. The smallest absolute Gasteiger partial charge is 0.146 e. The molecule has 1 unspecified atom stereocenters. The number of pyridine rings is 1. The van der Waals surface area contributed by atoms with Gasteiger partial charge in [-0.25, -0.2) is 4.39 Å². The molecule has 1 aromatic rings. The summed E-state index contributed by atoms with van der Waals surface area (Å²) in [6.07, 6.45) is 6.24. The average molecular weight is 238 g/mol. The first-order chi connectivity index (χ1) is 8.15. The van der Waals surface area contributed by atoms with Crippen LogP contribution < -0.4 is 5.32 Å². The van der Waals surface area contributed by atoms with Crippen molar-refractivity contribution in [2.45, 2.75) is 46.1 Å². The zero-order chi connectivity index (χ0) is 12.7. The predicted molar refractivity (Wildman–Crippen MR) is 69.3 cm³/mol. The van der Waals surface area contributed by atoms with Crippen molar-refractivity contribution in [1.82, 2.24) is 10.3 Å². The van der Waals surface area contributed by atoms with Crippen molar-refractivity contribution < 1.29 is 4.39 Å². The fourth-order valence-corrected chi connectivity index (χ4v) is 2.01. The lowest BCUT2D eigenvalue weighted by molar-refractivity contribution is 0.440. The minimum Gasteiger partial charge on any atom is -0.310 e. The summed E-state index contributed by atoms with van der Waals surface area (Å²) in [5.74, 6) is 0.502. The van der Waals surface area contributed by atoms with Crippen LogP contribution in [0.3, 0.4) is 0 Å². The molecule has 0 aliphatic rings. The van der Waals surface area contributed by atoms with Gasteiger partial charge in [0, 0.05) is 17.8 Å². The molecule has 96 valence electrons. The molecular formula is C14H23FN2. The van der Waals surface area contributed by atoms with E-state index in [0.717, 1.165) is 24.9 Å². The van der Waals surface area contributed by atoms with E-state index in [0.29, 0.717) is 5.92 Å². The third kappa shape index (κ3) is 4.82. The zero-order valence-corrected chi connectivity index (χ0v) is 11.0. The molecule has 0 fully saturated rings. The van der Waals surface area contributed by atoms with Crippen molar-refractivity contribution in [2.75, 3.05) is 6.54 Å². The Morgan fingerprint density at radius 2 is 2.12 bits per heavy atom. The van der Waals surface area contributed by atoms with Crippen LogP contribution >= 0.6 is 0 Å². The van der Waals surface area contributed by atoms with Crippen LogP contribution in [-0.4, -0.2) is 11.5 Å². The van der Waals surface area contributed by atoms with Crippen LogP contribution in [0, 0.1) is 11.7 Å². The summed E-state index contributed by atoms with van der Waals surface area (Å²) < 4.78 is 13.6. The van der Waals surface area contributed by atoms with Crippen molar-refractivity contribution in [3.8, 4) is 0 Å². The number of hydrogen-bond donors (Lipinski definition) is 1. The molecule has 0 radical (unpaired) electrons. The van der Waals surface area contributed by atoms with Crippen LogP contribution in [-0.2, 0) is 0 Å². The van der Waals surface area contributed by atoms with Crippen LogP contribution in [0.25, 0.3) is 0 Å². The van der Waals surface area contributed by atoms with Crippen LogP contribution in [0.5, 0.6) is 0 Å². The predicted octanol–water partition coefficient (Wildman–Crippen LogP) is 3.70. The first-order valence-corrected chi connectivity index (χ1v) is 6.48. The van der Waals surface area contributed by atoms with E-state index in [1.165, 1.54) is 12.6 Å². The third-order valence-electron chi connectivity index (χ3n) is 2.90. The van der Waals surface area contributed by atoms with Crippen LogP contribution in [0.4, 0.5) is 4.39 Å². The highest BCUT2D eigenvalue weighted by atomic mass is 19.1. The van der Waals surface area contributed by atoms with Gasteiger partial charge in [-0.1, -0.05) is 33.6 Å². The number of halogens is 1. The normalized spacial score (nSPS) is 13.0. The highest BCUT2D eigenvalue weighted by Gasteiger charge is 2.14. The van der Waals surface area contributed by atoms with Crippen molar-refractivity contribution in [1.29, 1.82) is 0 Å². The SMILES string of the molecule is CCNC(CCCC(C)C)c1ccncc1F. The van der Waals surface area contributed by atoms with E-state index >= 15 is 0 Å². The third-order valence-corrected chi connectivity index (χ3v) is 2.90. The van der Waals surface area contributed by atoms with E-state index in [9.17, 15) is 4.39 Å². The Bertz CT molecular complexity index is 326. The summed E-state index contributed by atoms with van der Waals surface area (Å²) >= 11 is 0. The van der Waals surface area contributed by atoms with Gasteiger partial charge in [0.1, 0.15) is 5.82 Å². The summed E-state index contributed by atoms with van der Waals surface area (Å²) in [7, 11) is 0. The maximum atomic E-state index is 13.6. The first-order valence-electron chi connectivity index (χ1n) is 6.48. The standard InChI is InChI=1S/C14H23FN2/c1-4-17-14(7-5-6-11(2)3)12-8-9-16-10-13(12)15/h8-11,14,17H,4-7H2,1-3H3. The molecular weight excluding hydrogens is 215 g/mol. The van der Waals surface area contributed by atoms with Gasteiger partial charge in [0.2, 0.25) is 0 Å². The van der Waals surface area contributed by atoms with Gasteiger partial charge >= 0.3 is 0 Å². The lowest BCUT2D eigenvalue weighted by Crippen LogP contribution is -2.22. The molecule has 0 amide bonds. The van der Waals surface area contributed by atoms with Gasteiger partial charge in [-0.3, -0.25) is 4.98 Å². The summed E-state index contributed by atoms with van der Waals surface area (Å²) in [4.78, 5) is 3.79. The average Bonchev–Trinajstić information content (AvgIpc) is 2.28. The summed E-state index contributed by atoms with van der Waals surface area (Å²) in [6.45, 7) is 7.34. The minimum atomic E-state index is -0.206. The molecule has 0 aromatic carbocycles. The van der Waals surface area contributed by atoms with E-state index in [4.69, 9.17) is 0 Å². The highest BCUT2D eigenvalue weighted by molar-refractivity contribution is 5.17. The van der Waals surface area contributed by atoms with Crippen LogP contribution in [0.15, 0.2) is 18.5 Å². The number of nitrogens with one attached hydrogen (secondary N) is 1. The first kappa shape index (κ1) is 14.1. The molecule has 1 aromatic heterocycles. The summed E-state index contributed by atoms with van der Waals surface area (Å²) in [5.41, 5.74) is 0.741. The molecule has 1 rings (SSSR count). The molecule has 17 heavy (non-hydrogen) atoms. The van der Waals surface area contributed by atoms with E-state index in [1.54, 1.807) is 12.3 Å². The van der Waals surface area contributed by atoms with E-state index < -0.39 is 0 Å². The molecule has 0 saturated carbocycles. The summed E-state index contributed by atoms with van der Waals surface area (Å²) in [5, 5.41) is 3.35. The van der Waals surface area contributed by atoms with E-state index in [-0.39, 0.29) is 11.9 Å². The second-order valence-electron chi connectivity index (χ2n) is 4.83. The van der Waals surface area contributed by atoms with Gasteiger partial charge in [-0.15, -0.1) is 0 Å². The van der Waals surface area contributed by atoms with Gasteiger partial charge in [0.15, 0.2) is 0 Å². The Morgan fingerprint density at radius 1 is 1.35 bits per heavy atom. The van der Waals surface area contributed by atoms with Crippen molar-refractivity contribution >= 4 is 0 Å². The van der Waals surface area contributed by atoms with Gasteiger partial charge < -0.3 is 5.32 Å². The molecule has 1 atom stereocenters. The zero-order valence-electron chi connectivity index (χ0n) is 11.0.